The fourth-order valence-electron chi connectivity index (χ4n) is 2.51. The van der Waals surface area contributed by atoms with E-state index in [0.29, 0.717) is 21.5 Å². The van der Waals surface area contributed by atoms with E-state index in [2.05, 4.69) is 31.9 Å². The van der Waals surface area contributed by atoms with Crippen molar-refractivity contribution in [3.05, 3.63) is 56.5 Å². The number of benzene rings is 2. The normalized spacial score (nSPS) is 13.5. The third kappa shape index (κ3) is 2.46. The van der Waals surface area contributed by atoms with Crippen LogP contribution in [-0.2, 0) is 11.3 Å². The van der Waals surface area contributed by atoms with Gasteiger partial charge in [-0.3, -0.25) is 14.5 Å². The van der Waals surface area contributed by atoms with E-state index in [1.807, 2.05) is 30.3 Å². The van der Waals surface area contributed by atoms with Crippen LogP contribution in [0.4, 0.5) is 5.69 Å². The van der Waals surface area contributed by atoms with Gasteiger partial charge in [-0.25, -0.2) is 0 Å². The Bertz CT molecular complexity index is 789. The molecule has 0 fully saturated rings. The van der Waals surface area contributed by atoms with E-state index in [1.54, 1.807) is 13.2 Å². The van der Waals surface area contributed by atoms with Crippen LogP contribution in [-0.4, -0.2) is 18.8 Å². The van der Waals surface area contributed by atoms with Crippen molar-refractivity contribution in [1.29, 1.82) is 0 Å². The van der Waals surface area contributed by atoms with Crippen LogP contribution in [0.25, 0.3) is 0 Å². The molecule has 0 unspecified atom stereocenters. The highest BCUT2D eigenvalue weighted by atomic mass is 79.9. The van der Waals surface area contributed by atoms with E-state index in [0.717, 1.165) is 10.0 Å². The Hall–Kier alpha value is -1.66. The molecule has 112 valence electrons. The molecule has 6 heteroatoms. The van der Waals surface area contributed by atoms with Crippen LogP contribution < -0.4 is 9.64 Å². The van der Waals surface area contributed by atoms with Crippen molar-refractivity contribution in [2.45, 2.75) is 6.54 Å². The van der Waals surface area contributed by atoms with E-state index >= 15 is 0 Å². The summed E-state index contributed by atoms with van der Waals surface area (Å²) < 4.78 is 6.76. The van der Waals surface area contributed by atoms with Gasteiger partial charge < -0.3 is 4.74 Å². The number of rotatable bonds is 3. The number of hydrogen-bond acceptors (Lipinski definition) is 3. The number of nitrogens with zero attached hydrogens (tertiary/aromatic N) is 1. The fourth-order valence-corrected chi connectivity index (χ4v) is 3.95. The topological polar surface area (TPSA) is 46.6 Å². The maximum absolute atomic E-state index is 12.3. The number of ether oxygens (including phenoxy) is 1. The number of Topliss-reactive ketones (excluding diaryl/α,β-unsaturated/α-hetero) is 1. The van der Waals surface area contributed by atoms with Gasteiger partial charge in [0.25, 0.3) is 11.7 Å². The van der Waals surface area contributed by atoms with Crippen LogP contribution >= 0.6 is 31.9 Å². The van der Waals surface area contributed by atoms with Crippen molar-refractivity contribution in [2.75, 3.05) is 12.0 Å². The van der Waals surface area contributed by atoms with E-state index in [9.17, 15) is 9.59 Å². The van der Waals surface area contributed by atoms with Gasteiger partial charge >= 0.3 is 0 Å². The maximum atomic E-state index is 12.3. The largest absolute Gasteiger partial charge is 0.496 e. The molecule has 22 heavy (non-hydrogen) atoms. The number of halogens is 2. The van der Waals surface area contributed by atoms with E-state index in [1.165, 1.54) is 4.90 Å². The number of carbonyl (C=O) groups excluding carboxylic acids is 2. The summed E-state index contributed by atoms with van der Waals surface area (Å²) in [7, 11) is 1.58. The van der Waals surface area contributed by atoms with Gasteiger partial charge in [0.05, 0.1) is 24.9 Å². The molecule has 0 radical (unpaired) electrons. The first kappa shape index (κ1) is 15.2. The molecule has 1 amide bonds. The second-order valence-electron chi connectivity index (χ2n) is 4.82. The molecule has 0 spiro atoms. The summed E-state index contributed by atoms with van der Waals surface area (Å²) in [6, 6.07) is 10.9. The Labute approximate surface area is 144 Å². The monoisotopic (exact) mass is 423 g/mol. The van der Waals surface area contributed by atoms with Gasteiger partial charge in [0.15, 0.2) is 0 Å². The SMILES string of the molecule is COc1ccccc1CN1C(=O)C(=O)c2cc(Br)cc(Br)c21. The minimum Gasteiger partial charge on any atom is -0.496 e. The Kier molecular flexibility index (Phi) is 4.06. The van der Waals surface area contributed by atoms with Crippen molar-refractivity contribution in [1.82, 2.24) is 0 Å². The average molecular weight is 425 g/mol. The van der Waals surface area contributed by atoms with Gasteiger partial charge in [0.1, 0.15) is 5.75 Å². The number of anilines is 1. The maximum Gasteiger partial charge on any atom is 0.299 e. The molecule has 0 saturated heterocycles. The van der Waals surface area contributed by atoms with Crippen molar-refractivity contribution < 1.29 is 14.3 Å². The molecular formula is C16H11Br2NO3. The smallest absolute Gasteiger partial charge is 0.299 e. The Balaban J connectivity index is 2.07. The summed E-state index contributed by atoms with van der Waals surface area (Å²) in [4.78, 5) is 26.0. The lowest BCUT2D eigenvalue weighted by molar-refractivity contribution is -0.114. The third-order valence-corrected chi connectivity index (χ3v) is 4.57. The lowest BCUT2D eigenvalue weighted by atomic mass is 10.1. The molecule has 1 heterocycles. The Morgan fingerprint density at radius 1 is 1.14 bits per heavy atom. The molecule has 0 atom stereocenters. The molecule has 1 aliphatic rings. The fraction of sp³-hybridized carbons (Fsp3) is 0.125. The second kappa shape index (κ2) is 5.85. The quantitative estimate of drug-likeness (QED) is 0.701. The van der Waals surface area contributed by atoms with Gasteiger partial charge in [-0.1, -0.05) is 34.1 Å². The van der Waals surface area contributed by atoms with Gasteiger partial charge in [-0.15, -0.1) is 0 Å². The van der Waals surface area contributed by atoms with E-state index < -0.39 is 11.7 Å². The van der Waals surface area contributed by atoms with Crippen LogP contribution in [0.1, 0.15) is 15.9 Å². The highest BCUT2D eigenvalue weighted by Gasteiger charge is 2.38. The van der Waals surface area contributed by atoms with Crippen LogP contribution in [0.5, 0.6) is 5.75 Å². The number of carbonyl (C=O) groups is 2. The summed E-state index contributed by atoms with van der Waals surface area (Å²) in [5, 5.41) is 0. The number of fused-ring (bicyclic) bond motifs is 1. The molecule has 0 N–H and O–H groups in total. The molecule has 2 aromatic carbocycles. The molecule has 1 aliphatic heterocycles. The van der Waals surface area contributed by atoms with Crippen molar-refractivity contribution in [3.8, 4) is 5.75 Å². The zero-order chi connectivity index (χ0) is 15.9. The first-order valence-electron chi connectivity index (χ1n) is 6.50. The predicted molar refractivity (Wildman–Crippen MR) is 90.4 cm³/mol. The van der Waals surface area contributed by atoms with Crippen LogP contribution in [0, 0.1) is 0 Å². The Morgan fingerprint density at radius 3 is 2.59 bits per heavy atom. The lowest BCUT2D eigenvalue weighted by Crippen LogP contribution is -2.29. The van der Waals surface area contributed by atoms with Gasteiger partial charge in [0, 0.05) is 14.5 Å². The number of methoxy groups -OCH3 is 1. The number of para-hydroxylation sites is 1. The third-order valence-electron chi connectivity index (χ3n) is 3.50. The average Bonchev–Trinajstić information content (AvgIpc) is 2.73. The van der Waals surface area contributed by atoms with Gasteiger partial charge in [-0.05, 0) is 34.1 Å². The molecule has 3 rings (SSSR count). The molecule has 0 aromatic heterocycles. The molecule has 0 aliphatic carbocycles. The predicted octanol–water partition coefficient (Wildman–Crippen LogP) is 3.95. The van der Waals surface area contributed by atoms with Crippen LogP contribution in [0.3, 0.4) is 0 Å². The van der Waals surface area contributed by atoms with E-state index in [-0.39, 0.29) is 6.54 Å². The Morgan fingerprint density at radius 2 is 1.86 bits per heavy atom. The summed E-state index contributed by atoms with van der Waals surface area (Å²) in [5.41, 5.74) is 1.85. The summed E-state index contributed by atoms with van der Waals surface area (Å²) >= 11 is 6.78. The first-order valence-corrected chi connectivity index (χ1v) is 8.08. The second-order valence-corrected chi connectivity index (χ2v) is 6.59. The highest BCUT2D eigenvalue weighted by Crippen LogP contribution is 2.39. The summed E-state index contributed by atoms with van der Waals surface area (Å²) in [6.07, 6.45) is 0. The molecular weight excluding hydrogens is 414 g/mol. The summed E-state index contributed by atoms with van der Waals surface area (Å²) in [5.74, 6) is -0.337. The van der Waals surface area contributed by atoms with E-state index in [4.69, 9.17) is 4.74 Å². The first-order chi connectivity index (χ1) is 10.5. The standard InChI is InChI=1S/C16H11Br2NO3/c1-22-13-5-3-2-4-9(13)8-19-14-11(15(20)16(19)21)6-10(17)7-12(14)18/h2-7H,8H2,1H3. The van der Waals surface area contributed by atoms with Crippen molar-refractivity contribution >= 4 is 49.2 Å². The lowest BCUT2D eigenvalue weighted by Gasteiger charge is -2.19. The van der Waals surface area contributed by atoms with Gasteiger partial charge in [0.2, 0.25) is 0 Å². The van der Waals surface area contributed by atoms with Crippen molar-refractivity contribution in [2.24, 2.45) is 0 Å². The molecule has 0 saturated carbocycles. The summed E-state index contributed by atoms with van der Waals surface area (Å²) in [6.45, 7) is 0.280. The number of hydrogen-bond donors (Lipinski definition) is 0. The molecule has 4 nitrogen and oxygen atoms in total. The molecule has 2 aromatic rings. The van der Waals surface area contributed by atoms with Crippen molar-refractivity contribution in [3.63, 3.8) is 0 Å². The number of ketones is 1. The zero-order valence-corrected chi connectivity index (χ0v) is 14.8. The van der Waals surface area contributed by atoms with Crippen LogP contribution in [0.2, 0.25) is 0 Å². The van der Waals surface area contributed by atoms with Gasteiger partial charge in [-0.2, -0.15) is 0 Å². The zero-order valence-electron chi connectivity index (χ0n) is 11.6. The minimum absolute atomic E-state index is 0.280. The number of amides is 1. The minimum atomic E-state index is -0.528. The highest BCUT2D eigenvalue weighted by molar-refractivity contribution is 9.11. The molecule has 0 bridgehead atoms. The van der Waals surface area contributed by atoms with Crippen LogP contribution in [0.15, 0.2) is 45.3 Å².